The van der Waals surface area contributed by atoms with E-state index < -0.39 is 10.9 Å². The lowest BCUT2D eigenvalue weighted by Crippen LogP contribution is -1.99. The minimum absolute atomic E-state index is 0.0328. The first-order chi connectivity index (χ1) is 10.1. The van der Waals surface area contributed by atoms with E-state index in [1.54, 1.807) is 18.2 Å². The van der Waals surface area contributed by atoms with E-state index in [2.05, 4.69) is 10.1 Å². The minimum atomic E-state index is -1.09. The van der Waals surface area contributed by atoms with Crippen molar-refractivity contribution >= 4 is 22.6 Å². The van der Waals surface area contributed by atoms with Crippen molar-refractivity contribution in [3.63, 3.8) is 0 Å². The molecule has 0 unspecified atom stereocenters. The number of aromatic nitrogens is 3. The molecular formula is C13H8N4O4. The zero-order chi connectivity index (χ0) is 15.0. The number of hydrogen-bond donors (Lipinski definition) is 1. The molecule has 0 amide bonds. The maximum Gasteiger partial charge on any atom is 0.338 e. The van der Waals surface area contributed by atoms with Crippen LogP contribution in [0.4, 0.5) is 5.69 Å². The molecule has 0 saturated carbocycles. The van der Waals surface area contributed by atoms with Crippen molar-refractivity contribution in [2.24, 2.45) is 0 Å². The van der Waals surface area contributed by atoms with Crippen molar-refractivity contribution in [3.05, 3.63) is 58.5 Å². The lowest BCUT2D eigenvalue weighted by atomic mass is 10.1. The van der Waals surface area contributed by atoms with Crippen LogP contribution in [0.15, 0.2) is 42.9 Å². The molecule has 104 valence electrons. The number of fused-ring (bicyclic) bond motifs is 1. The molecule has 1 aromatic carbocycles. The van der Waals surface area contributed by atoms with Gasteiger partial charge in [0.2, 0.25) is 0 Å². The van der Waals surface area contributed by atoms with Crippen molar-refractivity contribution in [1.29, 1.82) is 0 Å². The number of carbonyl (C=O) groups is 1. The smallest absolute Gasteiger partial charge is 0.338 e. The number of hydrogen-bond acceptors (Lipinski definition) is 5. The zero-order valence-corrected chi connectivity index (χ0v) is 10.5. The number of non-ortho nitro benzene ring substituents is 1. The van der Waals surface area contributed by atoms with E-state index in [-0.39, 0.29) is 16.8 Å². The summed E-state index contributed by atoms with van der Waals surface area (Å²) in [5.41, 5.74) is 0.675. The average Bonchev–Trinajstić information content (AvgIpc) is 2.95. The third kappa shape index (κ3) is 2.08. The van der Waals surface area contributed by atoms with Crippen LogP contribution < -0.4 is 0 Å². The standard InChI is InChI=1S/C13H8N4O4/c18-13(19)8-6-15-16(7-8)10-4-5-14-12-9(10)2-1-3-11(12)17(20)21/h1-7H,(H,18,19). The van der Waals surface area contributed by atoms with Crippen LogP contribution in [0.5, 0.6) is 0 Å². The van der Waals surface area contributed by atoms with E-state index in [4.69, 9.17) is 5.11 Å². The van der Waals surface area contributed by atoms with Crippen LogP contribution in [0, 0.1) is 10.1 Å². The second kappa shape index (κ2) is 4.67. The first kappa shape index (κ1) is 12.7. The van der Waals surface area contributed by atoms with Crippen LogP contribution in [-0.4, -0.2) is 30.8 Å². The SMILES string of the molecule is O=C(O)c1cnn(-c2ccnc3c([N+](=O)[O-])cccc23)c1. The van der Waals surface area contributed by atoms with Gasteiger partial charge in [0.25, 0.3) is 5.69 Å². The van der Waals surface area contributed by atoms with E-state index in [0.717, 1.165) is 0 Å². The molecule has 0 spiro atoms. The molecule has 2 heterocycles. The first-order valence-corrected chi connectivity index (χ1v) is 5.88. The highest BCUT2D eigenvalue weighted by Gasteiger charge is 2.16. The Hall–Kier alpha value is -3.29. The van der Waals surface area contributed by atoms with Gasteiger partial charge < -0.3 is 5.11 Å². The molecule has 0 fully saturated rings. The Labute approximate surface area is 117 Å². The highest BCUT2D eigenvalue weighted by Crippen LogP contribution is 2.27. The Bertz CT molecular complexity index is 871. The number of pyridine rings is 1. The van der Waals surface area contributed by atoms with Gasteiger partial charge in [-0.15, -0.1) is 0 Å². The van der Waals surface area contributed by atoms with E-state index >= 15 is 0 Å². The predicted molar refractivity (Wildman–Crippen MR) is 72.5 cm³/mol. The summed E-state index contributed by atoms with van der Waals surface area (Å²) in [6, 6.07) is 6.20. The van der Waals surface area contributed by atoms with Crippen LogP contribution in [0.3, 0.4) is 0 Å². The van der Waals surface area contributed by atoms with Gasteiger partial charge in [-0.1, -0.05) is 12.1 Å². The number of nitrogens with zero attached hydrogens (tertiary/aromatic N) is 4. The summed E-state index contributed by atoms with van der Waals surface area (Å²) in [5, 5.41) is 24.4. The molecule has 2 aromatic heterocycles. The number of benzene rings is 1. The molecule has 1 N–H and O–H groups in total. The zero-order valence-electron chi connectivity index (χ0n) is 10.5. The molecular weight excluding hydrogens is 276 g/mol. The molecule has 0 radical (unpaired) electrons. The first-order valence-electron chi connectivity index (χ1n) is 5.88. The molecule has 3 rings (SSSR count). The minimum Gasteiger partial charge on any atom is -0.478 e. The Morgan fingerprint density at radius 3 is 2.81 bits per heavy atom. The summed E-state index contributed by atoms with van der Waals surface area (Å²) in [7, 11) is 0. The maximum absolute atomic E-state index is 11.0. The van der Waals surface area contributed by atoms with Crippen LogP contribution in [0.25, 0.3) is 16.6 Å². The van der Waals surface area contributed by atoms with Gasteiger partial charge in [0, 0.05) is 23.8 Å². The third-order valence-corrected chi connectivity index (χ3v) is 3.00. The van der Waals surface area contributed by atoms with Gasteiger partial charge in [-0.25, -0.2) is 14.5 Å². The fourth-order valence-electron chi connectivity index (χ4n) is 2.06. The fraction of sp³-hybridized carbons (Fsp3) is 0. The lowest BCUT2D eigenvalue weighted by Gasteiger charge is -2.05. The van der Waals surface area contributed by atoms with Crippen LogP contribution >= 0.6 is 0 Å². The molecule has 8 heteroatoms. The molecule has 3 aromatic rings. The van der Waals surface area contributed by atoms with Gasteiger partial charge in [0.15, 0.2) is 0 Å². The van der Waals surface area contributed by atoms with E-state index in [1.165, 1.54) is 29.3 Å². The molecule has 0 saturated heterocycles. The Morgan fingerprint density at radius 1 is 1.33 bits per heavy atom. The third-order valence-electron chi connectivity index (χ3n) is 3.00. The predicted octanol–water partition coefficient (Wildman–Crippen LogP) is 2.03. The molecule has 0 bridgehead atoms. The molecule has 21 heavy (non-hydrogen) atoms. The van der Waals surface area contributed by atoms with Crippen LogP contribution in [0.2, 0.25) is 0 Å². The summed E-state index contributed by atoms with van der Waals surface area (Å²) in [6.07, 6.45) is 3.98. The molecule has 0 atom stereocenters. The second-order valence-corrected chi connectivity index (χ2v) is 4.24. The number of aromatic carboxylic acids is 1. The van der Waals surface area contributed by atoms with Gasteiger partial charge >= 0.3 is 5.97 Å². The number of nitro groups is 1. The van der Waals surface area contributed by atoms with Crippen molar-refractivity contribution in [2.45, 2.75) is 0 Å². The number of carboxylic acid groups (broad SMARTS) is 1. The lowest BCUT2D eigenvalue weighted by molar-refractivity contribution is -0.383. The van der Waals surface area contributed by atoms with E-state index in [9.17, 15) is 14.9 Å². The van der Waals surface area contributed by atoms with Gasteiger partial charge in [-0.2, -0.15) is 5.10 Å². The van der Waals surface area contributed by atoms with Gasteiger partial charge in [0.1, 0.15) is 5.52 Å². The highest BCUT2D eigenvalue weighted by molar-refractivity contribution is 5.93. The Morgan fingerprint density at radius 2 is 2.14 bits per heavy atom. The molecule has 8 nitrogen and oxygen atoms in total. The summed E-state index contributed by atoms with van der Waals surface area (Å²) < 4.78 is 1.36. The van der Waals surface area contributed by atoms with E-state index in [0.29, 0.717) is 11.1 Å². The number of carboxylic acids is 1. The van der Waals surface area contributed by atoms with Crippen molar-refractivity contribution in [1.82, 2.24) is 14.8 Å². The van der Waals surface area contributed by atoms with Crippen molar-refractivity contribution in [2.75, 3.05) is 0 Å². The van der Waals surface area contributed by atoms with Crippen LogP contribution in [0.1, 0.15) is 10.4 Å². The van der Waals surface area contributed by atoms with Crippen molar-refractivity contribution in [3.8, 4) is 5.69 Å². The largest absolute Gasteiger partial charge is 0.478 e. The van der Waals surface area contributed by atoms with Gasteiger partial charge in [-0.05, 0) is 6.07 Å². The maximum atomic E-state index is 11.0. The summed E-state index contributed by atoms with van der Waals surface area (Å²) in [6.45, 7) is 0. The normalized spacial score (nSPS) is 10.7. The average molecular weight is 284 g/mol. The summed E-state index contributed by atoms with van der Waals surface area (Å²) in [4.78, 5) is 25.4. The monoisotopic (exact) mass is 284 g/mol. The van der Waals surface area contributed by atoms with Crippen molar-refractivity contribution < 1.29 is 14.8 Å². The summed E-state index contributed by atoms with van der Waals surface area (Å²) in [5.74, 6) is -1.09. The van der Waals surface area contributed by atoms with Crippen LogP contribution in [-0.2, 0) is 0 Å². The molecule has 0 aliphatic carbocycles. The summed E-state index contributed by atoms with van der Waals surface area (Å²) >= 11 is 0. The van der Waals surface area contributed by atoms with Gasteiger partial charge in [-0.3, -0.25) is 10.1 Å². The number of rotatable bonds is 3. The number of para-hydroxylation sites is 1. The quantitative estimate of drug-likeness (QED) is 0.581. The second-order valence-electron chi connectivity index (χ2n) is 4.24. The Balaban J connectivity index is 2.25. The molecule has 0 aliphatic rings. The fourth-order valence-corrected chi connectivity index (χ4v) is 2.06. The highest BCUT2D eigenvalue weighted by atomic mass is 16.6. The number of nitro benzene ring substituents is 1. The van der Waals surface area contributed by atoms with Gasteiger partial charge in [0.05, 0.1) is 22.4 Å². The van der Waals surface area contributed by atoms with E-state index in [1.807, 2.05) is 0 Å². The Kier molecular flexibility index (Phi) is 2.83. The topological polar surface area (TPSA) is 111 Å². The molecule has 0 aliphatic heterocycles.